The van der Waals surface area contributed by atoms with Gasteiger partial charge >= 0.3 is 0 Å². The molecule has 13 heavy (non-hydrogen) atoms. The van der Waals surface area contributed by atoms with Gasteiger partial charge in [0.05, 0.1) is 6.61 Å². The first kappa shape index (κ1) is 11.0. The fourth-order valence-corrected chi connectivity index (χ4v) is 3.60. The van der Waals surface area contributed by atoms with Crippen molar-refractivity contribution in [3.63, 3.8) is 0 Å². The lowest BCUT2D eigenvalue weighted by Gasteiger charge is -2.13. The molecule has 76 valence electrons. The molecule has 0 fully saturated rings. The molecule has 0 aromatic rings. The van der Waals surface area contributed by atoms with Crippen LogP contribution in [0.3, 0.4) is 0 Å². The second-order valence-corrected chi connectivity index (χ2v) is 6.79. The maximum atomic E-state index is 11.9. The third-order valence-corrected chi connectivity index (χ3v) is 4.60. The van der Waals surface area contributed by atoms with Gasteiger partial charge in [-0.1, -0.05) is 25.5 Å². The number of hydrogen-bond acceptors (Lipinski definition) is 2. The molecule has 0 aliphatic carbocycles. The lowest BCUT2D eigenvalue weighted by atomic mass is 10.2. The molecule has 0 aromatic heterocycles. The Balaban J connectivity index is 2.26. The predicted octanol–water partition coefficient (Wildman–Crippen LogP) is 3.29. The van der Waals surface area contributed by atoms with Crippen LogP contribution in [0.2, 0.25) is 0 Å². The summed E-state index contributed by atoms with van der Waals surface area (Å²) in [5, 5.41) is 0. The highest BCUT2D eigenvalue weighted by atomic mass is 31.2. The van der Waals surface area contributed by atoms with Crippen LogP contribution in [0.25, 0.3) is 0 Å². The van der Waals surface area contributed by atoms with Gasteiger partial charge in [-0.2, -0.15) is 0 Å². The number of rotatable bonds is 4. The average Bonchev–Trinajstić information content (AvgIpc) is 2.30. The van der Waals surface area contributed by atoms with Gasteiger partial charge in [0.15, 0.2) is 0 Å². The molecule has 0 bridgehead atoms. The molecule has 2 nitrogen and oxygen atoms in total. The van der Waals surface area contributed by atoms with Gasteiger partial charge in [0.25, 0.3) is 0 Å². The molecular weight excluding hydrogens is 183 g/mol. The fraction of sp³-hybridized carbons (Fsp3) is 0.800. The zero-order chi connectivity index (χ0) is 9.90. The van der Waals surface area contributed by atoms with E-state index < -0.39 is 7.37 Å². The van der Waals surface area contributed by atoms with E-state index in [2.05, 4.69) is 13.8 Å². The smallest absolute Gasteiger partial charge is 0.210 e. The highest BCUT2D eigenvalue weighted by Gasteiger charge is 2.26. The molecule has 0 saturated carbocycles. The van der Waals surface area contributed by atoms with Crippen LogP contribution in [-0.4, -0.2) is 18.9 Å². The van der Waals surface area contributed by atoms with Crippen LogP contribution in [0.1, 0.15) is 27.2 Å². The van der Waals surface area contributed by atoms with Gasteiger partial charge in [0.2, 0.25) is 7.37 Å². The van der Waals surface area contributed by atoms with E-state index in [1.54, 1.807) is 0 Å². The molecule has 0 saturated heterocycles. The van der Waals surface area contributed by atoms with Gasteiger partial charge in [-0.25, -0.2) is 0 Å². The van der Waals surface area contributed by atoms with Gasteiger partial charge in [-0.05, 0) is 19.3 Å². The summed E-state index contributed by atoms with van der Waals surface area (Å²) in [7, 11) is -2.27. The van der Waals surface area contributed by atoms with Crippen LogP contribution in [-0.2, 0) is 9.09 Å². The molecule has 0 aromatic carbocycles. The maximum absolute atomic E-state index is 11.9. The number of hydrogen-bond donors (Lipinski definition) is 0. The average molecular weight is 202 g/mol. The Morgan fingerprint density at radius 3 is 2.77 bits per heavy atom. The molecule has 1 aliphatic rings. The Bertz CT molecular complexity index is 243. The molecule has 1 rings (SSSR count). The van der Waals surface area contributed by atoms with Crippen LogP contribution >= 0.6 is 7.37 Å². The van der Waals surface area contributed by atoms with Gasteiger partial charge in [0, 0.05) is 12.3 Å². The molecule has 1 aliphatic heterocycles. The first-order chi connectivity index (χ1) is 6.02. The summed E-state index contributed by atoms with van der Waals surface area (Å²) in [6.07, 6.45) is 4.36. The summed E-state index contributed by atoms with van der Waals surface area (Å²) in [4.78, 5) is 0. The summed E-state index contributed by atoms with van der Waals surface area (Å²) in [5.74, 6) is 0.628. The summed E-state index contributed by atoms with van der Waals surface area (Å²) >= 11 is 0. The van der Waals surface area contributed by atoms with Crippen molar-refractivity contribution >= 4 is 7.37 Å². The minimum Gasteiger partial charge on any atom is -0.328 e. The first-order valence-electron chi connectivity index (χ1n) is 4.90. The highest BCUT2D eigenvalue weighted by molar-refractivity contribution is 7.59. The molecular formula is C10H19O2P. The standard InChI is InChI=1S/C10H19O2P/c1-9(2)4-6-12-13(11)7-5-10(3)8-13/h5,9H,4,6-8H2,1-3H3/t13-/m0/s1. The van der Waals surface area contributed by atoms with Gasteiger partial charge in [0.1, 0.15) is 0 Å². The fourth-order valence-electron chi connectivity index (χ4n) is 1.36. The van der Waals surface area contributed by atoms with Crippen molar-refractivity contribution in [3.05, 3.63) is 11.6 Å². The lowest BCUT2D eigenvalue weighted by molar-refractivity contribution is 0.291. The zero-order valence-corrected chi connectivity index (χ0v) is 9.64. The van der Waals surface area contributed by atoms with Gasteiger partial charge in [-0.3, -0.25) is 4.57 Å². The third-order valence-electron chi connectivity index (χ3n) is 2.23. The van der Waals surface area contributed by atoms with Gasteiger partial charge < -0.3 is 4.52 Å². The molecule has 0 spiro atoms. The minimum atomic E-state index is -2.27. The molecule has 0 amide bonds. The van der Waals surface area contributed by atoms with Crippen LogP contribution in [0.5, 0.6) is 0 Å². The van der Waals surface area contributed by atoms with Crippen LogP contribution < -0.4 is 0 Å². The number of allylic oxidation sites excluding steroid dienone is 2. The van der Waals surface area contributed by atoms with E-state index in [1.807, 2.05) is 13.0 Å². The van der Waals surface area contributed by atoms with E-state index in [4.69, 9.17) is 4.52 Å². The Morgan fingerprint density at radius 1 is 1.62 bits per heavy atom. The topological polar surface area (TPSA) is 26.3 Å². The molecule has 3 heteroatoms. The maximum Gasteiger partial charge on any atom is 0.210 e. The summed E-state index contributed by atoms with van der Waals surface area (Å²) in [6, 6.07) is 0. The molecule has 1 heterocycles. The van der Waals surface area contributed by atoms with Crippen molar-refractivity contribution in [3.8, 4) is 0 Å². The Labute approximate surface area is 80.8 Å². The Hall–Kier alpha value is -0.0700. The Morgan fingerprint density at radius 2 is 2.31 bits per heavy atom. The zero-order valence-electron chi connectivity index (χ0n) is 8.75. The third kappa shape index (κ3) is 3.66. The largest absolute Gasteiger partial charge is 0.328 e. The van der Waals surface area contributed by atoms with Crippen LogP contribution in [0.4, 0.5) is 0 Å². The highest BCUT2D eigenvalue weighted by Crippen LogP contribution is 2.52. The van der Waals surface area contributed by atoms with E-state index in [0.717, 1.165) is 6.42 Å². The van der Waals surface area contributed by atoms with E-state index in [9.17, 15) is 4.57 Å². The van der Waals surface area contributed by atoms with Crippen molar-refractivity contribution in [2.45, 2.75) is 27.2 Å². The van der Waals surface area contributed by atoms with E-state index in [0.29, 0.717) is 24.8 Å². The second-order valence-electron chi connectivity index (χ2n) is 4.22. The Kier molecular flexibility index (Phi) is 3.75. The van der Waals surface area contributed by atoms with Crippen LogP contribution in [0, 0.1) is 5.92 Å². The monoisotopic (exact) mass is 202 g/mol. The van der Waals surface area contributed by atoms with E-state index >= 15 is 0 Å². The molecule has 1 atom stereocenters. The first-order valence-corrected chi connectivity index (χ1v) is 6.89. The van der Waals surface area contributed by atoms with Crippen molar-refractivity contribution in [2.75, 3.05) is 18.9 Å². The summed E-state index contributed by atoms with van der Waals surface area (Å²) < 4.78 is 17.4. The molecule has 0 unspecified atom stereocenters. The van der Waals surface area contributed by atoms with Crippen molar-refractivity contribution in [1.29, 1.82) is 0 Å². The van der Waals surface area contributed by atoms with Crippen molar-refractivity contribution < 1.29 is 9.09 Å². The minimum absolute atomic E-state index is 0.628. The normalized spacial score (nSPS) is 28.2. The van der Waals surface area contributed by atoms with Crippen LogP contribution in [0.15, 0.2) is 11.6 Å². The van der Waals surface area contributed by atoms with E-state index in [1.165, 1.54) is 5.57 Å². The SMILES string of the molecule is CC1=CC[P@](=O)(OCCC(C)C)C1. The second kappa shape index (κ2) is 4.43. The van der Waals surface area contributed by atoms with Gasteiger partial charge in [-0.15, -0.1) is 0 Å². The summed E-state index contributed by atoms with van der Waals surface area (Å²) in [5.41, 5.74) is 1.22. The molecule has 0 N–H and O–H groups in total. The lowest BCUT2D eigenvalue weighted by Crippen LogP contribution is -1.99. The van der Waals surface area contributed by atoms with E-state index in [-0.39, 0.29) is 0 Å². The summed E-state index contributed by atoms with van der Waals surface area (Å²) in [6.45, 7) is 6.97. The predicted molar refractivity (Wildman–Crippen MR) is 56.5 cm³/mol. The molecule has 0 radical (unpaired) electrons. The van der Waals surface area contributed by atoms with Crippen molar-refractivity contribution in [2.24, 2.45) is 5.92 Å². The van der Waals surface area contributed by atoms with Crippen molar-refractivity contribution in [1.82, 2.24) is 0 Å². The quantitative estimate of drug-likeness (QED) is 0.516.